The van der Waals surface area contributed by atoms with Crippen LogP contribution in [0.1, 0.15) is 50.3 Å². The van der Waals surface area contributed by atoms with E-state index in [9.17, 15) is 19.8 Å². The first kappa shape index (κ1) is 16.6. The molecule has 0 aliphatic heterocycles. The number of hydrogen-bond acceptors (Lipinski definition) is 4. The SMILES string of the molecule is CC1(c2[nH]c3ccccc3c2C2=C(O)C(=O)C=C(O)C2=O)CCCCC1. The van der Waals surface area contributed by atoms with E-state index < -0.39 is 23.1 Å². The average Bonchev–Trinajstić information content (AvgIpc) is 3.01. The van der Waals surface area contributed by atoms with Crippen molar-refractivity contribution in [3.63, 3.8) is 0 Å². The predicted molar refractivity (Wildman–Crippen MR) is 99.0 cm³/mol. The molecule has 26 heavy (non-hydrogen) atoms. The molecular formula is C21H21NO4. The van der Waals surface area contributed by atoms with Gasteiger partial charge in [-0.1, -0.05) is 44.4 Å². The summed E-state index contributed by atoms with van der Waals surface area (Å²) < 4.78 is 0. The lowest BCUT2D eigenvalue weighted by atomic mass is 9.71. The molecule has 2 aliphatic rings. The zero-order valence-corrected chi connectivity index (χ0v) is 14.6. The van der Waals surface area contributed by atoms with Crippen LogP contribution in [-0.2, 0) is 15.0 Å². The molecule has 0 unspecified atom stereocenters. The van der Waals surface area contributed by atoms with Gasteiger partial charge in [-0.05, 0) is 18.9 Å². The molecule has 5 heteroatoms. The van der Waals surface area contributed by atoms with Crippen molar-refractivity contribution in [1.29, 1.82) is 0 Å². The highest BCUT2D eigenvalue weighted by Crippen LogP contribution is 2.45. The third-order valence-corrected chi connectivity index (χ3v) is 5.71. The predicted octanol–water partition coefficient (Wildman–Crippen LogP) is 4.25. The largest absolute Gasteiger partial charge is 0.504 e. The smallest absolute Gasteiger partial charge is 0.232 e. The number of para-hydroxylation sites is 1. The van der Waals surface area contributed by atoms with Crippen LogP contribution < -0.4 is 0 Å². The molecule has 1 aromatic carbocycles. The third-order valence-electron chi connectivity index (χ3n) is 5.71. The molecule has 134 valence electrons. The van der Waals surface area contributed by atoms with Crippen LogP contribution in [0, 0.1) is 0 Å². The van der Waals surface area contributed by atoms with E-state index in [1.54, 1.807) is 0 Å². The van der Waals surface area contributed by atoms with Gasteiger partial charge in [0.25, 0.3) is 0 Å². The standard InChI is InChI=1S/C21H21NO4/c1-21(9-5-2-6-10-21)20-16(12-7-3-4-8-13(12)22-20)17-18(25)14(23)11-15(24)19(17)26/h3-4,7-8,11,22-23,26H,2,5-6,9-10H2,1H3. The quantitative estimate of drug-likeness (QED) is 0.705. The Morgan fingerprint density at radius 2 is 1.73 bits per heavy atom. The maximum Gasteiger partial charge on any atom is 0.232 e. The van der Waals surface area contributed by atoms with E-state index in [2.05, 4.69) is 11.9 Å². The summed E-state index contributed by atoms with van der Waals surface area (Å²) in [6, 6.07) is 7.53. The molecule has 1 saturated carbocycles. The van der Waals surface area contributed by atoms with Crippen LogP contribution in [0.3, 0.4) is 0 Å². The van der Waals surface area contributed by atoms with Gasteiger partial charge in [0.1, 0.15) is 0 Å². The van der Waals surface area contributed by atoms with E-state index >= 15 is 0 Å². The van der Waals surface area contributed by atoms with Crippen molar-refractivity contribution in [3.8, 4) is 0 Å². The molecule has 2 aliphatic carbocycles. The van der Waals surface area contributed by atoms with Gasteiger partial charge in [-0.3, -0.25) is 9.59 Å². The lowest BCUT2D eigenvalue weighted by Crippen LogP contribution is -2.28. The van der Waals surface area contributed by atoms with E-state index in [4.69, 9.17) is 0 Å². The van der Waals surface area contributed by atoms with Crippen LogP contribution in [0.25, 0.3) is 16.5 Å². The summed E-state index contributed by atoms with van der Waals surface area (Å²) in [5.74, 6) is -2.69. The zero-order chi connectivity index (χ0) is 18.5. The molecule has 4 rings (SSSR count). The van der Waals surface area contributed by atoms with Crippen LogP contribution >= 0.6 is 0 Å². The molecule has 1 heterocycles. The summed E-state index contributed by atoms with van der Waals surface area (Å²) in [6.07, 6.45) is 6.07. The number of aromatic amines is 1. The lowest BCUT2D eigenvalue weighted by molar-refractivity contribution is -0.117. The molecule has 1 fully saturated rings. The highest BCUT2D eigenvalue weighted by molar-refractivity contribution is 6.38. The second kappa shape index (κ2) is 5.87. The minimum Gasteiger partial charge on any atom is -0.504 e. The number of ketones is 2. The number of rotatable bonds is 2. The van der Waals surface area contributed by atoms with Gasteiger partial charge in [0.05, 0.1) is 5.57 Å². The molecule has 0 amide bonds. The number of hydrogen-bond donors (Lipinski definition) is 3. The Morgan fingerprint density at radius 1 is 1.04 bits per heavy atom. The van der Waals surface area contributed by atoms with E-state index in [0.717, 1.165) is 48.4 Å². The molecule has 2 aromatic rings. The third kappa shape index (κ3) is 2.38. The molecule has 0 bridgehead atoms. The molecule has 5 nitrogen and oxygen atoms in total. The monoisotopic (exact) mass is 351 g/mol. The van der Waals surface area contributed by atoms with Crippen LogP contribution in [0.2, 0.25) is 0 Å². The van der Waals surface area contributed by atoms with Gasteiger partial charge < -0.3 is 15.2 Å². The summed E-state index contributed by atoms with van der Waals surface area (Å²) in [4.78, 5) is 28.1. The summed E-state index contributed by atoms with van der Waals surface area (Å²) >= 11 is 0. The van der Waals surface area contributed by atoms with Gasteiger partial charge >= 0.3 is 0 Å². The number of aromatic nitrogens is 1. The van der Waals surface area contributed by atoms with Crippen molar-refractivity contribution in [1.82, 2.24) is 4.98 Å². The minimum atomic E-state index is -0.748. The molecule has 0 spiro atoms. The van der Waals surface area contributed by atoms with Gasteiger partial charge in [0, 0.05) is 33.7 Å². The number of carbonyl (C=O) groups is 2. The van der Waals surface area contributed by atoms with E-state index in [1.807, 2.05) is 24.3 Å². The maximum atomic E-state index is 12.7. The van der Waals surface area contributed by atoms with Crippen molar-refractivity contribution < 1.29 is 19.8 Å². The van der Waals surface area contributed by atoms with Crippen LogP contribution in [-0.4, -0.2) is 26.8 Å². The first-order chi connectivity index (χ1) is 12.4. The minimum absolute atomic E-state index is 0.103. The van der Waals surface area contributed by atoms with Crippen molar-refractivity contribution in [3.05, 3.63) is 53.1 Å². The normalized spacial score (nSPS) is 20.6. The van der Waals surface area contributed by atoms with Gasteiger partial charge in [-0.2, -0.15) is 0 Å². The molecular weight excluding hydrogens is 330 g/mol. The zero-order valence-electron chi connectivity index (χ0n) is 14.6. The lowest BCUT2D eigenvalue weighted by Gasteiger charge is -2.34. The number of aliphatic hydroxyl groups excluding tert-OH is 2. The number of Topliss-reactive ketones (excluding diaryl/α,β-unsaturated/α-hetero) is 1. The second-order valence-corrected chi connectivity index (χ2v) is 7.49. The van der Waals surface area contributed by atoms with Crippen LogP contribution in [0.15, 0.2) is 41.9 Å². The van der Waals surface area contributed by atoms with Crippen molar-refractivity contribution in [2.75, 3.05) is 0 Å². The van der Waals surface area contributed by atoms with E-state index in [1.165, 1.54) is 6.42 Å². The number of fused-ring (bicyclic) bond motifs is 1. The Labute approximate surface area is 151 Å². The fraction of sp³-hybridized carbons (Fsp3) is 0.333. The fourth-order valence-corrected chi connectivity index (χ4v) is 4.29. The number of H-pyrrole nitrogens is 1. The Hall–Kier alpha value is -2.82. The van der Waals surface area contributed by atoms with Gasteiger partial charge in [-0.25, -0.2) is 0 Å². The van der Waals surface area contributed by atoms with Crippen molar-refractivity contribution >= 4 is 28.0 Å². The van der Waals surface area contributed by atoms with E-state index in [-0.39, 0.29) is 11.0 Å². The highest BCUT2D eigenvalue weighted by atomic mass is 16.3. The number of benzene rings is 1. The maximum absolute atomic E-state index is 12.7. The molecule has 0 saturated heterocycles. The van der Waals surface area contributed by atoms with Gasteiger partial charge in [0.15, 0.2) is 11.5 Å². The van der Waals surface area contributed by atoms with Crippen LogP contribution in [0.4, 0.5) is 0 Å². The summed E-state index contributed by atoms with van der Waals surface area (Å²) in [5, 5.41) is 21.1. The van der Waals surface area contributed by atoms with Crippen LogP contribution in [0.5, 0.6) is 0 Å². The topological polar surface area (TPSA) is 90.4 Å². The fourth-order valence-electron chi connectivity index (χ4n) is 4.29. The van der Waals surface area contributed by atoms with E-state index in [0.29, 0.717) is 5.56 Å². The molecule has 0 atom stereocenters. The van der Waals surface area contributed by atoms with Crippen molar-refractivity contribution in [2.45, 2.75) is 44.4 Å². The molecule has 1 aromatic heterocycles. The summed E-state index contributed by atoms with van der Waals surface area (Å²) in [7, 11) is 0. The number of nitrogens with one attached hydrogen (secondary N) is 1. The Morgan fingerprint density at radius 3 is 2.46 bits per heavy atom. The van der Waals surface area contributed by atoms with Gasteiger partial charge in [-0.15, -0.1) is 0 Å². The molecule has 0 radical (unpaired) electrons. The highest BCUT2D eigenvalue weighted by Gasteiger charge is 2.38. The average molecular weight is 351 g/mol. The van der Waals surface area contributed by atoms with Gasteiger partial charge in [0.2, 0.25) is 11.6 Å². The Bertz CT molecular complexity index is 987. The number of allylic oxidation sites excluding steroid dienone is 2. The second-order valence-electron chi connectivity index (χ2n) is 7.49. The summed E-state index contributed by atoms with van der Waals surface area (Å²) in [6.45, 7) is 2.16. The number of aliphatic hydroxyl groups is 2. The molecule has 3 N–H and O–H groups in total. The number of carbonyl (C=O) groups excluding carboxylic acids is 2. The Kier molecular flexibility index (Phi) is 3.75. The first-order valence-corrected chi connectivity index (χ1v) is 8.97. The summed E-state index contributed by atoms with van der Waals surface area (Å²) in [5.41, 5.74) is 1.96. The first-order valence-electron chi connectivity index (χ1n) is 8.97. The van der Waals surface area contributed by atoms with Crippen molar-refractivity contribution in [2.24, 2.45) is 0 Å². The Balaban J connectivity index is 2.03.